The maximum Gasteiger partial charge on any atom is 0.410 e. The van der Waals surface area contributed by atoms with Gasteiger partial charge in [-0.05, 0) is 90.1 Å². The molecule has 0 N–H and O–H groups in total. The number of fused-ring (bicyclic) bond motifs is 4. The fourth-order valence-corrected chi connectivity index (χ4v) is 8.09. The molecule has 2 aromatic carbocycles. The minimum Gasteiger partial charge on any atom is -0.467 e. The Morgan fingerprint density at radius 2 is 1.81 bits per heavy atom. The third kappa shape index (κ3) is 6.69. The van der Waals surface area contributed by atoms with E-state index in [4.69, 9.17) is 40.5 Å². The normalized spacial score (nSPS) is 22.7. The lowest BCUT2D eigenvalue weighted by Gasteiger charge is -2.43. The number of benzene rings is 2. The van der Waals surface area contributed by atoms with Crippen molar-refractivity contribution in [2.45, 2.75) is 83.1 Å². The SMILES string of the molecule is COCOc1cc(Cl)c2c(N3CCc4c(nc(OCC5CCCN5C)nc4N4C[C@H]5CC[C@@H](C4)N5C(=O)OC(C)(C)C)C3)cccc2c1. The average molecular weight is 679 g/mol. The van der Waals surface area contributed by atoms with Gasteiger partial charge in [-0.3, -0.25) is 4.90 Å². The monoisotopic (exact) mass is 678 g/mol. The van der Waals surface area contributed by atoms with Crippen molar-refractivity contribution in [3.8, 4) is 11.8 Å². The van der Waals surface area contributed by atoms with Crippen molar-refractivity contribution < 1.29 is 23.7 Å². The molecule has 3 aromatic rings. The van der Waals surface area contributed by atoms with E-state index in [0.29, 0.717) is 49.1 Å². The number of anilines is 2. The summed E-state index contributed by atoms with van der Waals surface area (Å²) < 4.78 is 23.0. The Kier molecular flexibility index (Phi) is 9.21. The number of carbonyl (C=O) groups is 1. The maximum absolute atomic E-state index is 13.2. The number of ether oxygens (including phenoxy) is 4. The lowest BCUT2D eigenvalue weighted by molar-refractivity contribution is 0.0122. The van der Waals surface area contributed by atoms with Crippen LogP contribution in [0, 0.1) is 0 Å². The van der Waals surface area contributed by atoms with E-state index >= 15 is 0 Å². The van der Waals surface area contributed by atoms with Gasteiger partial charge in [0.15, 0.2) is 6.79 Å². The summed E-state index contributed by atoms with van der Waals surface area (Å²) in [5.74, 6) is 1.61. The molecule has 5 heterocycles. The summed E-state index contributed by atoms with van der Waals surface area (Å²) in [5, 5.41) is 2.62. The number of likely N-dealkylation sites (tertiary alicyclic amines) is 1. The molecule has 3 atom stereocenters. The summed E-state index contributed by atoms with van der Waals surface area (Å²) in [7, 11) is 3.75. The van der Waals surface area contributed by atoms with Crippen LogP contribution in [0.5, 0.6) is 11.8 Å². The number of hydrogen-bond acceptors (Lipinski definition) is 10. The van der Waals surface area contributed by atoms with Crippen LogP contribution in [0.3, 0.4) is 0 Å². The van der Waals surface area contributed by atoms with Crippen LogP contribution in [-0.2, 0) is 22.4 Å². The Balaban J connectivity index is 1.19. The quantitative estimate of drug-likeness (QED) is 0.269. The van der Waals surface area contributed by atoms with Crippen molar-refractivity contribution >= 4 is 40.0 Å². The Labute approximate surface area is 288 Å². The number of carbonyl (C=O) groups excluding carboxylic acids is 1. The van der Waals surface area contributed by atoms with Gasteiger partial charge >= 0.3 is 12.1 Å². The summed E-state index contributed by atoms with van der Waals surface area (Å²) in [4.78, 5) is 32.4. The third-order valence-electron chi connectivity index (χ3n) is 10.0. The molecular weight excluding hydrogens is 632 g/mol. The molecular formula is C36H47ClN6O5. The first kappa shape index (κ1) is 33.0. The number of amides is 1. The first-order valence-electron chi connectivity index (χ1n) is 17.2. The molecule has 11 nitrogen and oxygen atoms in total. The second-order valence-corrected chi connectivity index (χ2v) is 14.9. The van der Waals surface area contributed by atoms with E-state index < -0.39 is 5.60 Å². The smallest absolute Gasteiger partial charge is 0.410 e. The lowest BCUT2D eigenvalue weighted by Crippen LogP contribution is -2.57. The topological polar surface area (TPSA) is 92.7 Å². The van der Waals surface area contributed by atoms with E-state index in [1.54, 1.807) is 7.11 Å². The molecule has 12 heteroatoms. The minimum absolute atomic E-state index is 0.0800. The van der Waals surface area contributed by atoms with E-state index in [1.165, 1.54) is 6.42 Å². The van der Waals surface area contributed by atoms with Crippen LogP contribution in [-0.4, -0.2) is 103 Å². The van der Waals surface area contributed by atoms with Crippen LogP contribution >= 0.6 is 11.6 Å². The van der Waals surface area contributed by atoms with Gasteiger partial charge in [-0.15, -0.1) is 0 Å². The molecule has 7 rings (SSSR count). The largest absolute Gasteiger partial charge is 0.467 e. The van der Waals surface area contributed by atoms with Crippen molar-refractivity contribution in [3.05, 3.63) is 46.6 Å². The summed E-state index contributed by atoms with van der Waals surface area (Å²) in [6.45, 7) is 10.4. The lowest BCUT2D eigenvalue weighted by atomic mass is 10.0. The number of aromatic nitrogens is 2. The molecule has 3 fully saturated rings. The third-order valence-corrected chi connectivity index (χ3v) is 10.3. The van der Waals surface area contributed by atoms with E-state index in [1.807, 2.05) is 37.8 Å². The predicted octanol–water partition coefficient (Wildman–Crippen LogP) is 5.89. The van der Waals surface area contributed by atoms with Gasteiger partial charge in [-0.2, -0.15) is 9.97 Å². The standard InChI is InChI=1S/C36H47ClN6O5/c1-36(2,3)48-35(44)43-24-11-12-25(43)19-42(18-24)33-28-13-15-41(20-30(28)38-34(39-33)46-21-26-9-7-14-40(26)4)31-10-6-8-23-16-27(47-22-45-5)17-29(37)32(23)31/h6,8,10,16-17,24-26H,7,9,11-15,18-22H2,1-5H3/t24-,25+,26?. The molecule has 0 spiro atoms. The molecule has 4 aliphatic rings. The first-order chi connectivity index (χ1) is 23.1. The van der Waals surface area contributed by atoms with E-state index in [-0.39, 0.29) is 25.0 Å². The number of halogens is 1. The molecule has 0 aliphatic carbocycles. The highest BCUT2D eigenvalue weighted by atomic mass is 35.5. The van der Waals surface area contributed by atoms with Gasteiger partial charge in [0.25, 0.3) is 0 Å². The number of methoxy groups -OCH3 is 1. The molecule has 48 heavy (non-hydrogen) atoms. The van der Waals surface area contributed by atoms with Gasteiger partial charge in [0.1, 0.15) is 23.8 Å². The fourth-order valence-electron chi connectivity index (χ4n) is 7.77. The molecule has 2 bridgehead atoms. The Bertz CT molecular complexity index is 1650. The van der Waals surface area contributed by atoms with Gasteiger partial charge in [0.2, 0.25) is 0 Å². The highest BCUT2D eigenvalue weighted by Gasteiger charge is 2.45. The second-order valence-electron chi connectivity index (χ2n) is 14.5. The van der Waals surface area contributed by atoms with Crippen LogP contribution in [0.25, 0.3) is 10.8 Å². The van der Waals surface area contributed by atoms with Crippen molar-refractivity contribution in [2.75, 3.05) is 63.5 Å². The van der Waals surface area contributed by atoms with Crippen LogP contribution in [0.15, 0.2) is 30.3 Å². The molecule has 0 radical (unpaired) electrons. The van der Waals surface area contributed by atoms with Crippen molar-refractivity contribution in [3.63, 3.8) is 0 Å². The molecule has 4 aliphatic heterocycles. The minimum atomic E-state index is -0.528. The Morgan fingerprint density at radius 3 is 2.52 bits per heavy atom. The Hall–Kier alpha value is -3.54. The van der Waals surface area contributed by atoms with E-state index in [0.717, 1.165) is 72.3 Å². The van der Waals surface area contributed by atoms with E-state index in [2.05, 4.69) is 39.9 Å². The van der Waals surface area contributed by atoms with Crippen LogP contribution in [0.4, 0.5) is 16.3 Å². The first-order valence-corrected chi connectivity index (χ1v) is 17.5. The summed E-state index contributed by atoms with van der Waals surface area (Å²) in [5.41, 5.74) is 2.65. The Morgan fingerprint density at radius 1 is 1.02 bits per heavy atom. The number of piperazine rings is 1. The molecule has 0 saturated carbocycles. The number of nitrogens with zero attached hydrogens (tertiary/aromatic N) is 6. The zero-order chi connectivity index (χ0) is 33.6. The van der Waals surface area contributed by atoms with E-state index in [9.17, 15) is 4.79 Å². The molecule has 1 unspecified atom stereocenters. The summed E-state index contributed by atoms with van der Waals surface area (Å²) in [6.07, 6.45) is 4.76. The number of likely N-dealkylation sites (N-methyl/N-ethyl adjacent to an activating group) is 1. The number of hydrogen-bond donors (Lipinski definition) is 0. The van der Waals surface area contributed by atoms with Crippen molar-refractivity contribution in [1.29, 1.82) is 0 Å². The summed E-state index contributed by atoms with van der Waals surface area (Å²) >= 11 is 6.89. The zero-order valence-corrected chi connectivity index (χ0v) is 29.5. The van der Waals surface area contributed by atoms with Crippen LogP contribution in [0.1, 0.15) is 57.7 Å². The summed E-state index contributed by atoms with van der Waals surface area (Å²) in [6, 6.07) is 11.0. The van der Waals surface area contributed by atoms with Crippen LogP contribution < -0.4 is 19.3 Å². The highest BCUT2D eigenvalue weighted by Crippen LogP contribution is 2.40. The average Bonchev–Trinajstić information content (AvgIpc) is 3.59. The van der Waals surface area contributed by atoms with Gasteiger partial charge in [0.05, 0.1) is 29.3 Å². The molecule has 1 aromatic heterocycles. The number of rotatable bonds is 8. The van der Waals surface area contributed by atoms with Gasteiger partial charge in [-0.1, -0.05) is 23.7 Å². The van der Waals surface area contributed by atoms with Crippen molar-refractivity contribution in [1.82, 2.24) is 19.8 Å². The molecule has 258 valence electrons. The predicted molar refractivity (Wildman–Crippen MR) is 186 cm³/mol. The van der Waals surface area contributed by atoms with Crippen LogP contribution in [0.2, 0.25) is 5.02 Å². The van der Waals surface area contributed by atoms with Gasteiger partial charge in [-0.25, -0.2) is 4.79 Å². The highest BCUT2D eigenvalue weighted by molar-refractivity contribution is 6.37. The van der Waals surface area contributed by atoms with Gasteiger partial charge in [0, 0.05) is 49.4 Å². The van der Waals surface area contributed by atoms with Gasteiger partial charge < -0.3 is 33.6 Å². The fraction of sp³-hybridized carbons (Fsp3) is 0.583. The second kappa shape index (κ2) is 13.4. The van der Waals surface area contributed by atoms with Crippen molar-refractivity contribution in [2.24, 2.45) is 0 Å². The maximum atomic E-state index is 13.2. The zero-order valence-electron chi connectivity index (χ0n) is 28.7. The molecule has 3 saturated heterocycles. The molecule has 1 amide bonds.